The number of carbonyl (C=O) groups is 1. The molecule has 0 spiro atoms. The number of halogens is 1. The minimum absolute atomic E-state index is 0.0649. The van der Waals surface area contributed by atoms with Gasteiger partial charge < -0.3 is 20.3 Å². The van der Waals surface area contributed by atoms with E-state index in [1.54, 1.807) is 0 Å². The summed E-state index contributed by atoms with van der Waals surface area (Å²) in [6.07, 6.45) is 0.479. The number of rotatable bonds is 7. The molecule has 0 aromatic heterocycles. The average Bonchev–Trinajstić information content (AvgIpc) is 2.41. The van der Waals surface area contributed by atoms with Gasteiger partial charge in [-0.05, 0) is 40.0 Å². The molecule has 0 radical (unpaired) electrons. The molecule has 0 amide bonds. The van der Waals surface area contributed by atoms with E-state index in [-0.39, 0.29) is 17.9 Å². The largest absolute Gasteiger partial charge is 0.492 e. The summed E-state index contributed by atoms with van der Waals surface area (Å²) in [6.45, 7) is 4.18. The number of hydrogen-bond acceptors (Lipinski definition) is 4. The molecular formula is C15H20BrNO4. The van der Waals surface area contributed by atoms with Gasteiger partial charge in [0.1, 0.15) is 5.75 Å². The summed E-state index contributed by atoms with van der Waals surface area (Å²) in [5, 5.41) is 8.69. The van der Waals surface area contributed by atoms with E-state index in [0.29, 0.717) is 13.0 Å². The van der Waals surface area contributed by atoms with Crippen LogP contribution in [0.15, 0.2) is 22.7 Å². The van der Waals surface area contributed by atoms with Crippen LogP contribution >= 0.6 is 15.9 Å². The molecule has 1 aliphatic heterocycles. The first-order valence-corrected chi connectivity index (χ1v) is 7.66. The Kier molecular flexibility index (Phi) is 5.24. The third-order valence-corrected chi connectivity index (χ3v) is 4.15. The first kappa shape index (κ1) is 16.3. The molecule has 5 nitrogen and oxygen atoms in total. The van der Waals surface area contributed by atoms with Crippen molar-refractivity contribution in [3.63, 3.8) is 0 Å². The molecular weight excluding hydrogens is 338 g/mol. The predicted octanol–water partition coefficient (Wildman–Crippen LogP) is 2.73. The van der Waals surface area contributed by atoms with Crippen LogP contribution in [-0.4, -0.2) is 30.9 Å². The lowest BCUT2D eigenvalue weighted by molar-refractivity contribution is -0.137. The second-order valence-electron chi connectivity index (χ2n) is 5.82. The Balaban J connectivity index is 1.94. The maximum Gasteiger partial charge on any atom is 0.303 e. The Labute approximate surface area is 132 Å². The molecule has 0 aliphatic carbocycles. The van der Waals surface area contributed by atoms with Crippen molar-refractivity contribution in [2.24, 2.45) is 11.1 Å². The van der Waals surface area contributed by atoms with Crippen LogP contribution in [0.2, 0.25) is 0 Å². The Bertz CT molecular complexity index is 516. The van der Waals surface area contributed by atoms with E-state index >= 15 is 0 Å². The van der Waals surface area contributed by atoms with Crippen molar-refractivity contribution in [2.75, 3.05) is 19.8 Å². The molecule has 1 saturated heterocycles. The van der Waals surface area contributed by atoms with Crippen molar-refractivity contribution < 1.29 is 19.4 Å². The van der Waals surface area contributed by atoms with Crippen molar-refractivity contribution >= 4 is 21.9 Å². The summed E-state index contributed by atoms with van der Waals surface area (Å²) in [6, 6.07) is 5.35. The fraction of sp³-hybridized carbons (Fsp3) is 0.533. The average molecular weight is 358 g/mol. The molecule has 2 rings (SSSR count). The smallest absolute Gasteiger partial charge is 0.303 e. The van der Waals surface area contributed by atoms with Crippen LogP contribution in [0.25, 0.3) is 0 Å². The minimum atomic E-state index is -0.833. The third-order valence-electron chi connectivity index (χ3n) is 3.53. The van der Waals surface area contributed by atoms with Gasteiger partial charge in [-0.25, -0.2) is 0 Å². The normalized spacial score (nSPS) is 17.9. The van der Waals surface area contributed by atoms with Gasteiger partial charge in [0, 0.05) is 17.9 Å². The topological polar surface area (TPSA) is 81.8 Å². The SMILES string of the molecule is CC1(COc2ccc(C(N)CCC(=O)O)cc2Br)COC1. The Hall–Kier alpha value is -1.11. The fourth-order valence-corrected chi connectivity index (χ4v) is 2.61. The van der Waals surface area contributed by atoms with Gasteiger partial charge in [0.25, 0.3) is 0 Å². The molecule has 6 heteroatoms. The van der Waals surface area contributed by atoms with Crippen LogP contribution in [-0.2, 0) is 9.53 Å². The summed E-state index contributed by atoms with van der Waals surface area (Å²) in [5.74, 6) is -0.0715. The van der Waals surface area contributed by atoms with E-state index in [1.165, 1.54) is 0 Å². The fourth-order valence-electron chi connectivity index (χ4n) is 2.10. The van der Waals surface area contributed by atoms with E-state index in [9.17, 15) is 4.79 Å². The minimum Gasteiger partial charge on any atom is -0.492 e. The molecule has 1 fully saturated rings. The van der Waals surface area contributed by atoms with Gasteiger partial charge in [-0.2, -0.15) is 0 Å². The van der Waals surface area contributed by atoms with Crippen LogP contribution in [0.5, 0.6) is 5.75 Å². The zero-order valence-corrected chi connectivity index (χ0v) is 13.6. The lowest BCUT2D eigenvalue weighted by atomic mass is 9.90. The molecule has 21 heavy (non-hydrogen) atoms. The molecule has 1 aromatic carbocycles. The van der Waals surface area contributed by atoms with Crippen molar-refractivity contribution in [1.29, 1.82) is 0 Å². The third kappa shape index (κ3) is 4.43. The quantitative estimate of drug-likeness (QED) is 0.783. The summed E-state index contributed by atoms with van der Waals surface area (Å²) >= 11 is 3.48. The standard InChI is InChI=1S/C15H20BrNO4/c1-15(7-20-8-15)9-21-13-4-2-10(6-11(13)16)12(17)3-5-14(18)19/h2,4,6,12H,3,5,7-9,17H2,1H3,(H,18,19). The van der Waals surface area contributed by atoms with Crippen LogP contribution in [0.3, 0.4) is 0 Å². The van der Waals surface area contributed by atoms with Crippen molar-refractivity contribution in [3.8, 4) is 5.75 Å². The van der Waals surface area contributed by atoms with E-state index in [0.717, 1.165) is 29.0 Å². The Morgan fingerprint density at radius 2 is 2.29 bits per heavy atom. The van der Waals surface area contributed by atoms with Gasteiger partial charge >= 0.3 is 5.97 Å². The molecule has 1 heterocycles. The summed E-state index contributed by atoms with van der Waals surface area (Å²) in [7, 11) is 0. The van der Waals surface area contributed by atoms with E-state index in [1.807, 2.05) is 18.2 Å². The monoisotopic (exact) mass is 357 g/mol. The van der Waals surface area contributed by atoms with Crippen molar-refractivity contribution in [1.82, 2.24) is 0 Å². The van der Waals surface area contributed by atoms with Gasteiger partial charge in [0.15, 0.2) is 0 Å². The Morgan fingerprint density at radius 1 is 1.57 bits per heavy atom. The molecule has 1 aromatic rings. The summed E-state index contributed by atoms with van der Waals surface area (Å²) < 4.78 is 11.8. The number of ether oxygens (including phenoxy) is 2. The highest BCUT2D eigenvalue weighted by Gasteiger charge is 2.34. The number of benzene rings is 1. The molecule has 116 valence electrons. The van der Waals surface area contributed by atoms with Crippen molar-refractivity contribution in [3.05, 3.63) is 28.2 Å². The Morgan fingerprint density at radius 3 is 2.81 bits per heavy atom. The summed E-state index contributed by atoms with van der Waals surface area (Å²) in [5.41, 5.74) is 6.98. The number of aliphatic carboxylic acids is 1. The van der Waals surface area contributed by atoms with Gasteiger partial charge in [-0.3, -0.25) is 4.79 Å². The van der Waals surface area contributed by atoms with Gasteiger partial charge in [0.05, 0.1) is 24.3 Å². The van der Waals surface area contributed by atoms with Crippen LogP contribution < -0.4 is 10.5 Å². The van der Waals surface area contributed by atoms with Gasteiger partial charge in [-0.1, -0.05) is 13.0 Å². The molecule has 0 bridgehead atoms. The highest BCUT2D eigenvalue weighted by molar-refractivity contribution is 9.10. The van der Waals surface area contributed by atoms with E-state index in [2.05, 4.69) is 22.9 Å². The highest BCUT2D eigenvalue weighted by atomic mass is 79.9. The number of carboxylic acid groups (broad SMARTS) is 1. The van der Waals surface area contributed by atoms with Gasteiger partial charge in [-0.15, -0.1) is 0 Å². The first-order valence-electron chi connectivity index (χ1n) is 6.87. The summed E-state index contributed by atoms with van der Waals surface area (Å²) in [4.78, 5) is 10.6. The molecule has 1 unspecified atom stereocenters. The number of nitrogens with two attached hydrogens (primary N) is 1. The van der Waals surface area contributed by atoms with E-state index < -0.39 is 5.97 Å². The highest BCUT2D eigenvalue weighted by Crippen LogP contribution is 2.32. The molecule has 3 N–H and O–H groups in total. The first-order chi connectivity index (χ1) is 9.89. The predicted molar refractivity (Wildman–Crippen MR) is 82.4 cm³/mol. The van der Waals surface area contributed by atoms with Crippen molar-refractivity contribution in [2.45, 2.75) is 25.8 Å². The van der Waals surface area contributed by atoms with Crippen LogP contribution in [0.1, 0.15) is 31.4 Å². The lowest BCUT2D eigenvalue weighted by Crippen LogP contribution is -2.44. The van der Waals surface area contributed by atoms with Crippen LogP contribution in [0.4, 0.5) is 0 Å². The lowest BCUT2D eigenvalue weighted by Gasteiger charge is -2.37. The zero-order valence-electron chi connectivity index (χ0n) is 12.0. The molecule has 1 aliphatic rings. The number of hydrogen-bond donors (Lipinski definition) is 2. The second-order valence-corrected chi connectivity index (χ2v) is 6.68. The molecule has 0 saturated carbocycles. The maximum absolute atomic E-state index is 10.6. The maximum atomic E-state index is 10.6. The second kappa shape index (κ2) is 6.77. The van der Waals surface area contributed by atoms with E-state index in [4.69, 9.17) is 20.3 Å². The number of carboxylic acids is 1. The van der Waals surface area contributed by atoms with Gasteiger partial charge in [0.2, 0.25) is 0 Å². The van der Waals surface area contributed by atoms with Crippen LogP contribution in [0, 0.1) is 5.41 Å². The molecule has 1 atom stereocenters. The zero-order chi connectivity index (χ0) is 15.5.